The van der Waals surface area contributed by atoms with Crippen LogP contribution in [0.1, 0.15) is 20.3 Å². The summed E-state index contributed by atoms with van der Waals surface area (Å²) in [6, 6.07) is 0. The molecule has 0 unspecified atom stereocenters. The molecule has 0 aromatic heterocycles. The first-order valence-electron chi connectivity index (χ1n) is 2.80. The molecule has 1 heterocycles. The molecule has 0 N–H and O–H groups in total. The van der Waals surface area contributed by atoms with Crippen LogP contribution in [0.2, 0.25) is 0 Å². The lowest BCUT2D eigenvalue weighted by Crippen LogP contribution is -2.14. The van der Waals surface area contributed by atoms with Crippen LogP contribution in [0.5, 0.6) is 0 Å². The second-order valence-corrected chi connectivity index (χ2v) is 3.84. The summed E-state index contributed by atoms with van der Waals surface area (Å²) in [6.45, 7) is 4.02. The van der Waals surface area contributed by atoms with Crippen LogP contribution in [0.4, 0.5) is 0 Å². The number of rotatable bonds is 0. The van der Waals surface area contributed by atoms with Gasteiger partial charge >= 0.3 is 0 Å². The van der Waals surface area contributed by atoms with Crippen molar-refractivity contribution in [3.8, 4) is 0 Å². The maximum Gasteiger partial charge on any atom is 0.194 e. The van der Waals surface area contributed by atoms with Gasteiger partial charge in [0.2, 0.25) is 0 Å². The van der Waals surface area contributed by atoms with Crippen molar-refractivity contribution in [2.45, 2.75) is 20.3 Å². The summed E-state index contributed by atoms with van der Waals surface area (Å²) in [5.74, 6) is 1.02. The van der Waals surface area contributed by atoms with Gasteiger partial charge < -0.3 is 0 Å². The molecule has 0 spiro atoms. The molecule has 0 amide bonds. The molecule has 1 aliphatic rings. The summed E-state index contributed by atoms with van der Waals surface area (Å²) in [6.07, 6.45) is 1.05. The van der Waals surface area contributed by atoms with E-state index in [2.05, 4.69) is 0 Å². The number of carbonyl (C=O) groups excluding carboxylic acids is 1. The Bertz CT molecular complexity index is 118. The van der Waals surface area contributed by atoms with Gasteiger partial charge in [0.15, 0.2) is 5.12 Å². The van der Waals surface area contributed by atoms with E-state index in [0.717, 1.165) is 12.2 Å². The van der Waals surface area contributed by atoms with E-state index in [-0.39, 0.29) is 5.41 Å². The number of hydrogen-bond donors (Lipinski definition) is 0. The van der Waals surface area contributed by atoms with Crippen LogP contribution >= 0.6 is 11.8 Å². The maximum atomic E-state index is 10.9. The maximum absolute atomic E-state index is 10.9. The topological polar surface area (TPSA) is 17.1 Å². The Labute approximate surface area is 53.8 Å². The van der Waals surface area contributed by atoms with Gasteiger partial charge in [-0.2, -0.15) is 0 Å². The second kappa shape index (κ2) is 1.76. The first kappa shape index (κ1) is 6.14. The Kier molecular flexibility index (Phi) is 1.35. The van der Waals surface area contributed by atoms with Gasteiger partial charge in [-0.15, -0.1) is 0 Å². The zero-order chi connectivity index (χ0) is 6.20. The third-order valence-corrected chi connectivity index (χ3v) is 2.74. The van der Waals surface area contributed by atoms with Crippen molar-refractivity contribution < 1.29 is 4.79 Å². The van der Waals surface area contributed by atoms with Gasteiger partial charge in [-0.05, 0) is 6.42 Å². The smallest absolute Gasteiger partial charge is 0.194 e. The lowest BCUT2D eigenvalue weighted by atomic mass is 9.93. The van der Waals surface area contributed by atoms with E-state index in [0.29, 0.717) is 5.12 Å². The summed E-state index contributed by atoms with van der Waals surface area (Å²) in [5, 5.41) is 0.359. The van der Waals surface area contributed by atoms with Crippen LogP contribution < -0.4 is 0 Å². The predicted molar refractivity (Wildman–Crippen MR) is 35.9 cm³/mol. The average Bonchev–Trinajstić information content (AvgIpc) is 1.86. The number of hydrogen-bond acceptors (Lipinski definition) is 2. The third kappa shape index (κ3) is 0.895. The lowest BCUT2D eigenvalue weighted by molar-refractivity contribution is -0.117. The highest BCUT2D eigenvalue weighted by molar-refractivity contribution is 8.14. The Balaban J connectivity index is 2.68. The Hall–Kier alpha value is 0.0200. The molecule has 1 nitrogen and oxygen atoms in total. The monoisotopic (exact) mass is 130 g/mol. The van der Waals surface area contributed by atoms with Crippen molar-refractivity contribution in [3.05, 3.63) is 0 Å². The molecule has 46 valence electrons. The van der Waals surface area contributed by atoms with Gasteiger partial charge in [-0.1, -0.05) is 25.6 Å². The fourth-order valence-electron chi connectivity index (χ4n) is 0.696. The summed E-state index contributed by atoms with van der Waals surface area (Å²) in [4.78, 5) is 10.9. The van der Waals surface area contributed by atoms with Gasteiger partial charge in [0.25, 0.3) is 0 Å². The summed E-state index contributed by atoms with van der Waals surface area (Å²) in [7, 11) is 0. The molecule has 0 saturated carbocycles. The van der Waals surface area contributed by atoms with Gasteiger partial charge in [0, 0.05) is 11.2 Å². The molecule has 1 rings (SSSR count). The van der Waals surface area contributed by atoms with Crippen molar-refractivity contribution in [3.63, 3.8) is 0 Å². The van der Waals surface area contributed by atoms with E-state index in [1.807, 2.05) is 13.8 Å². The molecular weight excluding hydrogens is 120 g/mol. The molecule has 0 atom stereocenters. The van der Waals surface area contributed by atoms with Gasteiger partial charge in [0.1, 0.15) is 0 Å². The minimum atomic E-state index is -0.0231. The molecule has 0 aliphatic carbocycles. The minimum Gasteiger partial charge on any atom is -0.287 e. The largest absolute Gasteiger partial charge is 0.287 e. The van der Waals surface area contributed by atoms with Crippen molar-refractivity contribution in [1.29, 1.82) is 0 Å². The van der Waals surface area contributed by atoms with Crippen molar-refractivity contribution in [1.82, 2.24) is 0 Å². The quantitative estimate of drug-likeness (QED) is 0.496. The molecule has 2 heteroatoms. The van der Waals surface area contributed by atoms with Crippen LogP contribution in [0.15, 0.2) is 0 Å². The normalized spacial score (nSPS) is 26.5. The van der Waals surface area contributed by atoms with Crippen LogP contribution in [0, 0.1) is 5.41 Å². The molecule has 0 radical (unpaired) electrons. The van der Waals surface area contributed by atoms with E-state index >= 15 is 0 Å². The summed E-state index contributed by atoms with van der Waals surface area (Å²) < 4.78 is 0. The van der Waals surface area contributed by atoms with E-state index in [4.69, 9.17) is 0 Å². The first-order chi connectivity index (χ1) is 3.63. The van der Waals surface area contributed by atoms with E-state index in [1.54, 1.807) is 0 Å². The lowest BCUT2D eigenvalue weighted by Gasteiger charge is -2.10. The third-order valence-electron chi connectivity index (χ3n) is 1.51. The Morgan fingerprint density at radius 3 is 2.38 bits per heavy atom. The zero-order valence-corrected chi connectivity index (χ0v) is 6.05. The van der Waals surface area contributed by atoms with Crippen LogP contribution in [-0.2, 0) is 4.79 Å². The fraction of sp³-hybridized carbons (Fsp3) is 0.833. The van der Waals surface area contributed by atoms with Crippen LogP contribution in [0.25, 0.3) is 0 Å². The molecule has 1 fully saturated rings. The summed E-state index contributed by atoms with van der Waals surface area (Å²) in [5.41, 5.74) is -0.0231. The van der Waals surface area contributed by atoms with Gasteiger partial charge in [0.05, 0.1) is 0 Å². The minimum absolute atomic E-state index is 0.0231. The van der Waals surface area contributed by atoms with Crippen molar-refractivity contribution >= 4 is 16.9 Å². The molecule has 0 aromatic rings. The molecule has 0 aromatic carbocycles. The highest BCUT2D eigenvalue weighted by Crippen LogP contribution is 2.35. The predicted octanol–water partition coefficient (Wildman–Crippen LogP) is 1.68. The zero-order valence-electron chi connectivity index (χ0n) is 5.23. The molecule has 0 bridgehead atoms. The number of thioether (sulfide) groups is 1. The standard InChI is InChI=1S/C6H10OS/c1-6(2)3-4-8-5(6)7/h3-4H2,1-2H3. The second-order valence-electron chi connectivity index (χ2n) is 2.77. The molecular formula is C6H10OS. The summed E-state index contributed by atoms with van der Waals surface area (Å²) >= 11 is 1.47. The Morgan fingerprint density at radius 1 is 1.62 bits per heavy atom. The SMILES string of the molecule is CC1(C)CCSC1=O. The van der Waals surface area contributed by atoms with Crippen LogP contribution in [-0.4, -0.2) is 10.9 Å². The van der Waals surface area contributed by atoms with E-state index in [9.17, 15) is 4.79 Å². The van der Waals surface area contributed by atoms with Crippen molar-refractivity contribution in [2.24, 2.45) is 5.41 Å². The first-order valence-corrected chi connectivity index (χ1v) is 3.79. The highest BCUT2D eigenvalue weighted by atomic mass is 32.2. The fourth-order valence-corrected chi connectivity index (χ4v) is 1.99. The highest BCUT2D eigenvalue weighted by Gasteiger charge is 2.32. The number of carbonyl (C=O) groups is 1. The van der Waals surface area contributed by atoms with Gasteiger partial charge in [-0.3, -0.25) is 4.79 Å². The molecule has 1 aliphatic heterocycles. The molecule has 1 saturated heterocycles. The van der Waals surface area contributed by atoms with E-state index in [1.165, 1.54) is 11.8 Å². The van der Waals surface area contributed by atoms with Crippen molar-refractivity contribution in [2.75, 3.05) is 5.75 Å². The Morgan fingerprint density at radius 2 is 2.25 bits per heavy atom. The van der Waals surface area contributed by atoms with E-state index < -0.39 is 0 Å². The van der Waals surface area contributed by atoms with Crippen LogP contribution in [0.3, 0.4) is 0 Å². The molecule has 8 heavy (non-hydrogen) atoms. The average molecular weight is 130 g/mol. The van der Waals surface area contributed by atoms with Gasteiger partial charge in [-0.25, -0.2) is 0 Å².